The van der Waals surface area contributed by atoms with E-state index in [2.05, 4.69) is 5.32 Å². The van der Waals surface area contributed by atoms with Crippen molar-refractivity contribution in [3.05, 3.63) is 42.0 Å². The Morgan fingerprint density at radius 2 is 2.08 bits per heavy atom. The highest BCUT2D eigenvalue weighted by atomic mass is 16.7. The molecule has 134 valence electrons. The number of carbonyl (C=O) groups excluding carboxylic acids is 1. The number of aryl methyl sites for hydroxylation is 1. The lowest BCUT2D eigenvalue weighted by Crippen LogP contribution is -2.30. The smallest absolute Gasteiger partial charge is 0.244 e. The monoisotopic (exact) mass is 343 g/mol. The summed E-state index contributed by atoms with van der Waals surface area (Å²) in [5, 5.41) is 2.89. The molecule has 0 unspecified atom stereocenters. The van der Waals surface area contributed by atoms with Crippen LogP contribution in [0, 0.1) is 0 Å². The van der Waals surface area contributed by atoms with Crippen molar-refractivity contribution in [1.29, 1.82) is 0 Å². The summed E-state index contributed by atoms with van der Waals surface area (Å²) < 4.78 is 16.9. The predicted molar refractivity (Wildman–Crippen MR) is 96.1 cm³/mol. The molecule has 0 spiro atoms. The van der Waals surface area contributed by atoms with E-state index in [1.807, 2.05) is 38.1 Å². The van der Waals surface area contributed by atoms with Gasteiger partial charge in [0, 0.05) is 24.6 Å². The van der Waals surface area contributed by atoms with Crippen LogP contribution in [0.4, 0.5) is 0 Å². The van der Waals surface area contributed by atoms with Crippen LogP contribution < -0.4 is 19.5 Å². The van der Waals surface area contributed by atoms with E-state index in [1.54, 1.807) is 12.2 Å². The minimum absolute atomic E-state index is 0.0575. The molecule has 1 aromatic carbocycles. The van der Waals surface area contributed by atoms with Gasteiger partial charge in [0.1, 0.15) is 11.9 Å². The Morgan fingerprint density at radius 1 is 1.28 bits per heavy atom. The van der Waals surface area contributed by atoms with Crippen LogP contribution in [0.15, 0.2) is 36.4 Å². The molecule has 2 atom stereocenters. The van der Waals surface area contributed by atoms with Gasteiger partial charge in [-0.3, -0.25) is 4.79 Å². The molecular weight excluding hydrogens is 318 g/mol. The summed E-state index contributed by atoms with van der Waals surface area (Å²) in [5.41, 5.74) is 1.17. The molecule has 0 radical (unpaired) electrons. The fourth-order valence-corrected chi connectivity index (χ4v) is 2.84. The third kappa shape index (κ3) is 4.56. The highest BCUT2D eigenvalue weighted by Gasteiger charge is 2.23. The van der Waals surface area contributed by atoms with Crippen LogP contribution >= 0.6 is 0 Å². The second-order valence-electron chi connectivity index (χ2n) is 6.43. The summed E-state index contributed by atoms with van der Waals surface area (Å²) in [5.74, 6) is 2.39. The number of allylic oxidation sites excluding steroid dienone is 2. The standard InChI is InChI=1S/C20H25NO4/c1-3-14(2)21-20(22)8-6-4-5-7-16-10-9-15-11-18-19(24-13-23-18)12-17(15)25-16/h4-6,8,11-12,14,16H,3,7,9-10,13H2,1-2H3,(H,21,22)/b5-4+,8-6+/t14-,16-/m0/s1. The van der Waals surface area contributed by atoms with Gasteiger partial charge in [0.05, 0.1) is 0 Å². The molecule has 2 aliphatic rings. The van der Waals surface area contributed by atoms with E-state index in [1.165, 1.54) is 5.56 Å². The first kappa shape index (κ1) is 17.4. The summed E-state index contributed by atoms with van der Waals surface area (Å²) in [6.07, 6.45) is 11.1. The van der Waals surface area contributed by atoms with Gasteiger partial charge in [-0.15, -0.1) is 0 Å². The normalized spacial score (nSPS) is 19.7. The molecule has 2 heterocycles. The molecule has 0 bridgehead atoms. The number of fused-ring (bicyclic) bond motifs is 2. The highest BCUT2D eigenvalue weighted by Crippen LogP contribution is 2.41. The van der Waals surface area contributed by atoms with E-state index in [9.17, 15) is 4.79 Å². The molecule has 0 saturated carbocycles. The third-order valence-corrected chi connectivity index (χ3v) is 4.48. The summed E-state index contributed by atoms with van der Waals surface area (Å²) in [4.78, 5) is 11.6. The Morgan fingerprint density at radius 3 is 2.88 bits per heavy atom. The van der Waals surface area contributed by atoms with E-state index in [0.29, 0.717) is 0 Å². The van der Waals surface area contributed by atoms with Crippen molar-refractivity contribution in [3.63, 3.8) is 0 Å². The Hall–Kier alpha value is -2.43. The summed E-state index contributed by atoms with van der Waals surface area (Å²) >= 11 is 0. The second-order valence-corrected chi connectivity index (χ2v) is 6.43. The number of carbonyl (C=O) groups is 1. The predicted octanol–water partition coefficient (Wildman–Crippen LogP) is 3.53. The van der Waals surface area contributed by atoms with Crippen molar-refractivity contribution >= 4 is 5.91 Å². The maximum absolute atomic E-state index is 11.6. The van der Waals surface area contributed by atoms with Crippen molar-refractivity contribution in [3.8, 4) is 17.2 Å². The van der Waals surface area contributed by atoms with Crippen LogP contribution in [0.25, 0.3) is 0 Å². The second kappa shape index (κ2) is 8.10. The molecule has 0 fully saturated rings. The SMILES string of the molecule is CC[C@H](C)NC(=O)/C=C/C=C/C[C@H]1CCc2cc3c(cc2O1)OCO3. The van der Waals surface area contributed by atoms with Gasteiger partial charge in [0.2, 0.25) is 12.7 Å². The molecule has 25 heavy (non-hydrogen) atoms. The van der Waals surface area contributed by atoms with Gasteiger partial charge in [-0.1, -0.05) is 25.2 Å². The van der Waals surface area contributed by atoms with Gasteiger partial charge in [-0.2, -0.15) is 0 Å². The van der Waals surface area contributed by atoms with Gasteiger partial charge in [0.15, 0.2) is 11.5 Å². The quantitative estimate of drug-likeness (QED) is 0.634. The zero-order valence-electron chi connectivity index (χ0n) is 14.8. The van der Waals surface area contributed by atoms with Gasteiger partial charge < -0.3 is 19.5 Å². The summed E-state index contributed by atoms with van der Waals surface area (Å²) in [7, 11) is 0. The van der Waals surface area contributed by atoms with E-state index in [0.717, 1.165) is 42.9 Å². The van der Waals surface area contributed by atoms with Crippen molar-refractivity contribution in [1.82, 2.24) is 5.32 Å². The first-order chi connectivity index (χ1) is 12.2. The third-order valence-electron chi connectivity index (χ3n) is 4.48. The van der Waals surface area contributed by atoms with Crippen LogP contribution in [0.2, 0.25) is 0 Å². The highest BCUT2D eigenvalue weighted by molar-refractivity contribution is 5.87. The Bertz CT molecular complexity index is 681. The van der Waals surface area contributed by atoms with Crippen LogP contribution in [-0.2, 0) is 11.2 Å². The lowest BCUT2D eigenvalue weighted by Gasteiger charge is -2.25. The molecule has 1 amide bonds. The molecule has 0 aromatic heterocycles. The number of benzene rings is 1. The Balaban J connectivity index is 1.48. The van der Waals surface area contributed by atoms with Gasteiger partial charge in [-0.05, 0) is 37.8 Å². The average molecular weight is 343 g/mol. The molecule has 0 saturated heterocycles. The molecule has 2 aliphatic heterocycles. The maximum atomic E-state index is 11.6. The fourth-order valence-electron chi connectivity index (χ4n) is 2.84. The number of hydrogen-bond donors (Lipinski definition) is 1. The van der Waals surface area contributed by atoms with Gasteiger partial charge >= 0.3 is 0 Å². The largest absolute Gasteiger partial charge is 0.490 e. The van der Waals surface area contributed by atoms with Crippen LogP contribution in [-0.4, -0.2) is 24.8 Å². The molecule has 5 nitrogen and oxygen atoms in total. The average Bonchev–Trinajstić information content (AvgIpc) is 3.06. The minimum atomic E-state index is -0.0575. The van der Waals surface area contributed by atoms with Crippen LogP contribution in [0.5, 0.6) is 17.2 Å². The lowest BCUT2D eigenvalue weighted by molar-refractivity contribution is -0.117. The van der Waals surface area contributed by atoms with E-state index in [4.69, 9.17) is 14.2 Å². The van der Waals surface area contributed by atoms with E-state index < -0.39 is 0 Å². The van der Waals surface area contributed by atoms with Crippen LogP contribution in [0.1, 0.15) is 38.7 Å². The van der Waals surface area contributed by atoms with E-state index >= 15 is 0 Å². The number of ether oxygens (including phenoxy) is 3. The van der Waals surface area contributed by atoms with Crippen molar-refractivity contribution in [2.75, 3.05) is 6.79 Å². The molecule has 1 N–H and O–H groups in total. The summed E-state index contributed by atoms with van der Waals surface area (Å²) in [6, 6.07) is 4.14. The molecule has 0 aliphatic carbocycles. The Labute approximate surface area is 148 Å². The molecule has 5 heteroatoms. The molecule has 1 aromatic rings. The first-order valence-corrected chi connectivity index (χ1v) is 8.88. The maximum Gasteiger partial charge on any atom is 0.244 e. The topological polar surface area (TPSA) is 56.8 Å². The van der Waals surface area contributed by atoms with Crippen molar-refractivity contribution in [2.45, 2.75) is 51.7 Å². The van der Waals surface area contributed by atoms with Crippen molar-refractivity contribution < 1.29 is 19.0 Å². The first-order valence-electron chi connectivity index (χ1n) is 8.88. The van der Waals surface area contributed by atoms with Gasteiger partial charge in [0.25, 0.3) is 0 Å². The van der Waals surface area contributed by atoms with Gasteiger partial charge in [-0.25, -0.2) is 0 Å². The zero-order valence-corrected chi connectivity index (χ0v) is 14.8. The fraction of sp³-hybridized carbons (Fsp3) is 0.450. The zero-order chi connectivity index (χ0) is 17.6. The number of rotatable bonds is 6. The Kier molecular flexibility index (Phi) is 5.64. The van der Waals surface area contributed by atoms with Crippen molar-refractivity contribution in [2.24, 2.45) is 0 Å². The number of hydrogen-bond acceptors (Lipinski definition) is 4. The lowest BCUT2D eigenvalue weighted by atomic mass is 10.00. The minimum Gasteiger partial charge on any atom is -0.490 e. The number of amides is 1. The summed E-state index contributed by atoms with van der Waals surface area (Å²) in [6.45, 7) is 4.32. The molecular formula is C20H25NO4. The van der Waals surface area contributed by atoms with Crippen LogP contribution in [0.3, 0.4) is 0 Å². The number of nitrogens with one attached hydrogen (secondary N) is 1. The molecule has 3 rings (SSSR count). The van der Waals surface area contributed by atoms with E-state index in [-0.39, 0.29) is 24.8 Å².